The van der Waals surface area contributed by atoms with Crippen LogP contribution in [0.25, 0.3) is 0 Å². The van der Waals surface area contributed by atoms with Gasteiger partial charge in [0.1, 0.15) is 0 Å². The van der Waals surface area contributed by atoms with Crippen molar-refractivity contribution in [1.82, 2.24) is 9.80 Å². The van der Waals surface area contributed by atoms with Crippen molar-refractivity contribution in [3.63, 3.8) is 0 Å². The van der Waals surface area contributed by atoms with Crippen molar-refractivity contribution in [3.05, 3.63) is 65.2 Å². The fourth-order valence-electron chi connectivity index (χ4n) is 3.06. The van der Waals surface area contributed by atoms with Crippen molar-refractivity contribution in [3.8, 4) is 0 Å². The van der Waals surface area contributed by atoms with Gasteiger partial charge < -0.3 is 10.2 Å². The van der Waals surface area contributed by atoms with Gasteiger partial charge in [0.25, 0.3) is 0 Å². The molecule has 1 heterocycles. The summed E-state index contributed by atoms with van der Waals surface area (Å²) in [4.78, 5) is 16.9. The molecule has 2 aromatic carbocycles. The lowest BCUT2D eigenvalue weighted by Gasteiger charge is -2.34. The highest BCUT2D eigenvalue weighted by molar-refractivity contribution is 6.33. The van der Waals surface area contributed by atoms with Gasteiger partial charge in [-0.3, -0.25) is 9.69 Å². The Bertz CT molecular complexity index is 684. The van der Waals surface area contributed by atoms with Gasteiger partial charge in [0.15, 0.2) is 0 Å². The number of benzene rings is 2. The second-order valence-electron chi connectivity index (χ2n) is 6.38. The molecule has 25 heavy (non-hydrogen) atoms. The number of nitrogens with one attached hydrogen (secondary N) is 1. The van der Waals surface area contributed by atoms with Crippen LogP contribution in [-0.4, -0.2) is 55.0 Å². The van der Waals surface area contributed by atoms with E-state index in [1.807, 2.05) is 18.2 Å². The van der Waals surface area contributed by atoms with Crippen LogP contribution in [0.5, 0.6) is 0 Å². The summed E-state index contributed by atoms with van der Waals surface area (Å²) in [7, 11) is 0. The Balaban J connectivity index is 1.39. The second-order valence-corrected chi connectivity index (χ2v) is 6.79. The molecular formula is C20H24ClN3O. The van der Waals surface area contributed by atoms with Crippen LogP contribution in [0.3, 0.4) is 0 Å². The molecule has 1 saturated heterocycles. The summed E-state index contributed by atoms with van der Waals surface area (Å²) in [6, 6.07) is 17.9. The molecule has 1 N–H and O–H groups in total. The van der Waals surface area contributed by atoms with Crippen LogP contribution in [0.4, 0.5) is 5.69 Å². The summed E-state index contributed by atoms with van der Waals surface area (Å²) in [5.74, 6) is -0.00849. The molecule has 0 atom stereocenters. The molecule has 1 aliphatic heterocycles. The van der Waals surface area contributed by atoms with Crippen LogP contribution >= 0.6 is 11.6 Å². The van der Waals surface area contributed by atoms with Gasteiger partial charge in [-0.15, -0.1) is 0 Å². The smallest absolute Gasteiger partial charge is 0.238 e. The van der Waals surface area contributed by atoms with Crippen molar-refractivity contribution < 1.29 is 4.79 Å². The number of carbonyl (C=O) groups excluding carboxylic acids is 1. The third-order valence-corrected chi connectivity index (χ3v) is 4.87. The van der Waals surface area contributed by atoms with E-state index in [0.29, 0.717) is 17.3 Å². The maximum absolute atomic E-state index is 12.2. The lowest BCUT2D eigenvalue weighted by atomic mass is 10.1. The van der Waals surface area contributed by atoms with Crippen LogP contribution in [0, 0.1) is 0 Å². The average Bonchev–Trinajstić information content (AvgIpc) is 2.64. The molecule has 0 aliphatic carbocycles. The minimum Gasteiger partial charge on any atom is -0.324 e. The maximum Gasteiger partial charge on any atom is 0.238 e. The molecule has 0 aromatic heterocycles. The highest BCUT2D eigenvalue weighted by atomic mass is 35.5. The van der Waals surface area contributed by atoms with Gasteiger partial charge in [0, 0.05) is 32.7 Å². The van der Waals surface area contributed by atoms with Crippen LogP contribution in [0.15, 0.2) is 54.6 Å². The number of hydrogen-bond acceptors (Lipinski definition) is 3. The Morgan fingerprint density at radius 2 is 1.56 bits per heavy atom. The Hall–Kier alpha value is -1.88. The summed E-state index contributed by atoms with van der Waals surface area (Å²) >= 11 is 6.08. The SMILES string of the molecule is O=C(CN1CCN(CCc2ccccc2)CC1)Nc1ccccc1Cl. The number of para-hydroxylation sites is 1. The van der Waals surface area contributed by atoms with Gasteiger partial charge in [-0.05, 0) is 24.1 Å². The first-order valence-corrected chi connectivity index (χ1v) is 9.11. The van der Waals surface area contributed by atoms with E-state index in [0.717, 1.165) is 39.1 Å². The fourth-order valence-corrected chi connectivity index (χ4v) is 3.24. The zero-order valence-electron chi connectivity index (χ0n) is 14.3. The lowest BCUT2D eigenvalue weighted by Crippen LogP contribution is -2.49. The topological polar surface area (TPSA) is 35.6 Å². The average molecular weight is 358 g/mol. The Morgan fingerprint density at radius 1 is 0.920 bits per heavy atom. The normalized spacial score (nSPS) is 15.9. The minimum atomic E-state index is -0.00849. The van der Waals surface area contributed by atoms with Gasteiger partial charge in [0.2, 0.25) is 5.91 Å². The molecular weight excluding hydrogens is 334 g/mol. The minimum absolute atomic E-state index is 0.00849. The van der Waals surface area contributed by atoms with E-state index in [-0.39, 0.29) is 5.91 Å². The quantitative estimate of drug-likeness (QED) is 0.862. The second kappa shape index (κ2) is 8.99. The predicted molar refractivity (Wildman–Crippen MR) is 103 cm³/mol. The number of halogens is 1. The summed E-state index contributed by atoms with van der Waals surface area (Å²) in [5.41, 5.74) is 2.06. The molecule has 0 unspecified atom stereocenters. The van der Waals surface area contributed by atoms with E-state index in [9.17, 15) is 4.79 Å². The van der Waals surface area contributed by atoms with Gasteiger partial charge in [0.05, 0.1) is 17.3 Å². The van der Waals surface area contributed by atoms with Crippen molar-refractivity contribution >= 4 is 23.2 Å². The van der Waals surface area contributed by atoms with Crippen molar-refractivity contribution in [2.24, 2.45) is 0 Å². The number of piperazine rings is 1. The molecule has 2 aromatic rings. The summed E-state index contributed by atoms with van der Waals surface area (Å²) in [5, 5.41) is 3.46. The number of hydrogen-bond donors (Lipinski definition) is 1. The standard InChI is InChI=1S/C20H24ClN3O/c21-18-8-4-5-9-19(18)22-20(25)16-24-14-12-23(13-15-24)11-10-17-6-2-1-3-7-17/h1-9H,10-16H2,(H,22,25). The highest BCUT2D eigenvalue weighted by Crippen LogP contribution is 2.20. The van der Waals surface area contributed by atoms with E-state index in [4.69, 9.17) is 11.6 Å². The van der Waals surface area contributed by atoms with E-state index in [2.05, 4.69) is 45.4 Å². The van der Waals surface area contributed by atoms with E-state index in [1.165, 1.54) is 5.56 Å². The summed E-state index contributed by atoms with van der Waals surface area (Å²) < 4.78 is 0. The summed E-state index contributed by atoms with van der Waals surface area (Å²) in [6.07, 6.45) is 1.08. The van der Waals surface area contributed by atoms with E-state index < -0.39 is 0 Å². The van der Waals surface area contributed by atoms with Crippen LogP contribution < -0.4 is 5.32 Å². The summed E-state index contributed by atoms with van der Waals surface area (Å²) in [6.45, 7) is 5.34. The number of carbonyl (C=O) groups is 1. The Morgan fingerprint density at radius 3 is 2.28 bits per heavy atom. The van der Waals surface area contributed by atoms with E-state index >= 15 is 0 Å². The first kappa shape index (κ1) is 17.9. The largest absolute Gasteiger partial charge is 0.324 e. The molecule has 1 fully saturated rings. The van der Waals surface area contributed by atoms with Gasteiger partial charge in [-0.2, -0.15) is 0 Å². The molecule has 3 rings (SSSR count). The number of amides is 1. The molecule has 4 nitrogen and oxygen atoms in total. The van der Waals surface area contributed by atoms with Crippen LogP contribution in [-0.2, 0) is 11.2 Å². The van der Waals surface area contributed by atoms with Gasteiger partial charge in [-0.1, -0.05) is 54.1 Å². The van der Waals surface area contributed by atoms with Crippen molar-refractivity contribution in [2.45, 2.75) is 6.42 Å². The van der Waals surface area contributed by atoms with E-state index in [1.54, 1.807) is 6.07 Å². The first-order valence-electron chi connectivity index (χ1n) is 8.74. The van der Waals surface area contributed by atoms with Crippen LogP contribution in [0.2, 0.25) is 5.02 Å². The fraction of sp³-hybridized carbons (Fsp3) is 0.350. The highest BCUT2D eigenvalue weighted by Gasteiger charge is 2.19. The molecule has 1 aliphatic rings. The van der Waals surface area contributed by atoms with Gasteiger partial charge in [-0.25, -0.2) is 0 Å². The lowest BCUT2D eigenvalue weighted by molar-refractivity contribution is -0.117. The third-order valence-electron chi connectivity index (χ3n) is 4.54. The molecule has 0 bridgehead atoms. The van der Waals surface area contributed by atoms with Crippen molar-refractivity contribution in [1.29, 1.82) is 0 Å². The number of rotatable bonds is 6. The third kappa shape index (κ3) is 5.56. The Kier molecular flexibility index (Phi) is 6.45. The molecule has 5 heteroatoms. The van der Waals surface area contributed by atoms with Crippen molar-refractivity contribution in [2.75, 3.05) is 44.6 Å². The monoisotopic (exact) mass is 357 g/mol. The molecule has 0 radical (unpaired) electrons. The maximum atomic E-state index is 12.2. The first-order chi connectivity index (χ1) is 12.2. The Labute approximate surface area is 154 Å². The molecule has 1 amide bonds. The van der Waals surface area contributed by atoms with Crippen LogP contribution in [0.1, 0.15) is 5.56 Å². The molecule has 0 spiro atoms. The zero-order chi connectivity index (χ0) is 17.5. The zero-order valence-corrected chi connectivity index (χ0v) is 15.1. The predicted octanol–water partition coefficient (Wildman–Crippen LogP) is 3.14. The molecule has 132 valence electrons. The number of nitrogens with zero attached hydrogens (tertiary/aromatic N) is 2. The molecule has 0 saturated carbocycles. The number of anilines is 1. The van der Waals surface area contributed by atoms with Gasteiger partial charge >= 0.3 is 0 Å².